The van der Waals surface area contributed by atoms with Gasteiger partial charge in [0.1, 0.15) is 0 Å². The van der Waals surface area contributed by atoms with Crippen LogP contribution in [0.2, 0.25) is 0 Å². The lowest BCUT2D eigenvalue weighted by molar-refractivity contribution is -0.119. The summed E-state index contributed by atoms with van der Waals surface area (Å²) in [5.41, 5.74) is 5.01. The molecule has 3 nitrogen and oxygen atoms in total. The molecule has 0 spiro atoms. The molecule has 0 aromatic heterocycles. The molecule has 1 fully saturated rings. The van der Waals surface area contributed by atoms with Crippen molar-refractivity contribution in [1.82, 2.24) is 0 Å². The Hall–Kier alpha value is -0.570. The van der Waals surface area contributed by atoms with Crippen LogP contribution in [0.3, 0.4) is 0 Å². The number of ether oxygens (including phenoxy) is 1. The third-order valence-electron chi connectivity index (χ3n) is 2.66. The highest BCUT2D eigenvalue weighted by Crippen LogP contribution is 2.25. The fourth-order valence-electron chi connectivity index (χ4n) is 1.72. The number of hydrogen-bond donors (Lipinski definition) is 1. The Kier molecular flexibility index (Phi) is 4.22. The van der Waals surface area contributed by atoms with Crippen LogP contribution in [-0.4, -0.2) is 18.6 Å². The maximum absolute atomic E-state index is 10.4. The Balaban J connectivity index is 2.05. The standard InChI is InChI=1S/C10H19NO2/c1-8-2-4-9(5-3-8)13-7-6-10(11)12/h8-9H,2-7H2,1H3,(H2,11,12). The fraction of sp³-hybridized carbons (Fsp3) is 0.900. The maximum atomic E-state index is 10.4. The number of carbonyl (C=O) groups is 1. The predicted octanol–water partition coefficient (Wildman–Crippen LogP) is 1.46. The first-order valence-corrected chi connectivity index (χ1v) is 5.08. The van der Waals surface area contributed by atoms with Crippen LogP contribution < -0.4 is 5.73 Å². The lowest BCUT2D eigenvalue weighted by Gasteiger charge is -2.26. The summed E-state index contributed by atoms with van der Waals surface area (Å²) in [6.45, 7) is 2.77. The molecule has 1 aliphatic carbocycles. The molecular formula is C10H19NO2. The monoisotopic (exact) mass is 185 g/mol. The van der Waals surface area contributed by atoms with Crippen molar-refractivity contribution in [2.45, 2.75) is 45.1 Å². The highest BCUT2D eigenvalue weighted by atomic mass is 16.5. The minimum Gasteiger partial charge on any atom is -0.378 e. The van der Waals surface area contributed by atoms with E-state index in [2.05, 4.69) is 6.92 Å². The second-order valence-electron chi connectivity index (χ2n) is 3.97. The second-order valence-corrected chi connectivity index (χ2v) is 3.97. The van der Waals surface area contributed by atoms with E-state index in [0.717, 1.165) is 18.8 Å². The van der Waals surface area contributed by atoms with Gasteiger partial charge >= 0.3 is 0 Å². The summed E-state index contributed by atoms with van der Waals surface area (Å²) in [7, 11) is 0. The van der Waals surface area contributed by atoms with Crippen molar-refractivity contribution >= 4 is 5.91 Å². The number of primary amides is 1. The van der Waals surface area contributed by atoms with Gasteiger partial charge in [-0.1, -0.05) is 6.92 Å². The van der Waals surface area contributed by atoms with Crippen molar-refractivity contribution in [2.24, 2.45) is 11.7 Å². The molecule has 0 aromatic carbocycles. The zero-order valence-electron chi connectivity index (χ0n) is 8.29. The largest absolute Gasteiger partial charge is 0.378 e. The summed E-state index contributed by atoms with van der Waals surface area (Å²) in [6.07, 6.45) is 5.50. The molecule has 1 saturated carbocycles. The third-order valence-corrected chi connectivity index (χ3v) is 2.66. The van der Waals surface area contributed by atoms with E-state index in [1.807, 2.05) is 0 Å². The summed E-state index contributed by atoms with van der Waals surface area (Å²) in [5, 5.41) is 0. The third kappa shape index (κ3) is 4.27. The zero-order valence-corrected chi connectivity index (χ0v) is 8.29. The van der Waals surface area contributed by atoms with E-state index in [9.17, 15) is 4.79 Å². The SMILES string of the molecule is CC1CCC(OCCC(N)=O)CC1. The Labute approximate surface area is 79.6 Å². The van der Waals surface area contributed by atoms with Crippen molar-refractivity contribution in [3.8, 4) is 0 Å². The van der Waals surface area contributed by atoms with E-state index in [4.69, 9.17) is 10.5 Å². The molecule has 2 N–H and O–H groups in total. The molecule has 1 amide bonds. The van der Waals surface area contributed by atoms with Crippen LogP contribution in [0.15, 0.2) is 0 Å². The summed E-state index contributed by atoms with van der Waals surface area (Å²) < 4.78 is 5.54. The van der Waals surface area contributed by atoms with E-state index in [1.54, 1.807) is 0 Å². The Morgan fingerprint density at radius 2 is 2.00 bits per heavy atom. The van der Waals surface area contributed by atoms with Gasteiger partial charge in [0.2, 0.25) is 5.91 Å². The zero-order chi connectivity index (χ0) is 9.68. The average Bonchev–Trinajstić information content (AvgIpc) is 2.08. The van der Waals surface area contributed by atoms with Crippen molar-refractivity contribution in [1.29, 1.82) is 0 Å². The summed E-state index contributed by atoms with van der Waals surface area (Å²) >= 11 is 0. The highest BCUT2D eigenvalue weighted by Gasteiger charge is 2.18. The molecule has 3 heteroatoms. The minimum absolute atomic E-state index is 0.274. The van der Waals surface area contributed by atoms with Gasteiger partial charge in [0.25, 0.3) is 0 Å². The highest BCUT2D eigenvalue weighted by molar-refractivity contribution is 5.73. The van der Waals surface area contributed by atoms with Crippen LogP contribution in [0.5, 0.6) is 0 Å². The fourth-order valence-corrected chi connectivity index (χ4v) is 1.72. The second kappa shape index (κ2) is 5.22. The van der Waals surface area contributed by atoms with E-state index >= 15 is 0 Å². The molecular weight excluding hydrogens is 166 g/mol. The van der Waals surface area contributed by atoms with Gasteiger partial charge in [-0.15, -0.1) is 0 Å². The molecule has 0 atom stereocenters. The first kappa shape index (κ1) is 10.5. The van der Waals surface area contributed by atoms with Crippen LogP contribution in [0.25, 0.3) is 0 Å². The summed E-state index contributed by atoms with van der Waals surface area (Å²) in [6, 6.07) is 0. The number of rotatable bonds is 4. The lowest BCUT2D eigenvalue weighted by Crippen LogP contribution is -2.22. The van der Waals surface area contributed by atoms with Crippen molar-refractivity contribution < 1.29 is 9.53 Å². The van der Waals surface area contributed by atoms with E-state index in [1.165, 1.54) is 12.8 Å². The first-order valence-electron chi connectivity index (χ1n) is 5.08. The van der Waals surface area contributed by atoms with E-state index in [-0.39, 0.29) is 5.91 Å². The lowest BCUT2D eigenvalue weighted by atomic mass is 9.89. The topological polar surface area (TPSA) is 52.3 Å². The Morgan fingerprint density at radius 1 is 1.38 bits per heavy atom. The number of hydrogen-bond acceptors (Lipinski definition) is 2. The van der Waals surface area contributed by atoms with Gasteiger partial charge in [-0.2, -0.15) is 0 Å². The van der Waals surface area contributed by atoms with Gasteiger partial charge in [-0.3, -0.25) is 4.79 Å². The number of carbonyl (C=O) groups excluding carboxylic acids is 1. The molecule has 0 heterocycles. The molecule has 0 aliphatic heterocycles. The summed E-state index contributed by atoms with van der Waals surface area (Å²) in [4.78, 5) is 10.4. The van der Waals surface area contributed by atoms with E-state index < -0.39 is 0 Å². The van der Waals surface area contributed by atoms with Gasteiger partial charge < -0.3 is 10.5 Å². The van der Waals surface area contributed by atoms with Crippen LogP contribution in [0.1, 0.15) is 39.0 Å². The minimum atomic E-state index is -0.274. The van der Waals surface area contributed by atoms with Crippen molar-refractivity contribution in [3.05, 3.63) is 0 Å². The molecule has 1 rings (SSSR count). The van der Waals surface area contributed by atoms with Gasteiger partial charge in [0.05, 0.1) is 12.7 Å². The average molecular weight is 185 g/mol. The van der Waals surface area contributed by atoms with Crippen molar-refractivity contribution in [3.63, 3.8) is 0 Å². The predicted molar refractivity (Wildman–Crippen MR) is 51.2 cm³/mol. The van der Waals surface area contributed by atoms with Crippen LogP contribution in [0.4, 0.5) is 0 Å². The van der Waals surface area contributed by atoms with Gasteiger partial charge in [0, 0.05) is 6.42 Å². The van der Waals surface area contributed by atoms with Gasteiger partial charge in [-0.05, 0) is 31.6 Å². The maximum Gasteiger partial charge on any atom is 0.219 e. The van der Waals surface area contributed by atoms with Gasteiger partial charge in [0.15, 0.2) is 0 Å². The number of amides is 1. The van der Waals surface area contributed by atoms with Crippen LogP contribution in [0, 0.1) is 5.92 Å². The first-order chi connectivity index (χ1) is 6.18. The quantitative estimate of drug-likeness (QED) is 0.720. The smallest absolute Gasteiger partial charge is 0.219 e. The molecule has 0 unspecified atom stereocenters. The Bertz CT molecular complexity index is 162. The molecule has 13 heavy (non-hydrogen) atoms. The molecule has 0 radical (unpaired) electrons. The number of nitrogens with two attached hydrogens (primary N) is 1. The normalized spacial score (nSPS) is 28.7. The molecule has 0 saturated heterocycles. The molecule has 0 bridgehead atoms. The molecule has 1 aliphatic rings. The van der Waals surface area contributed by atoms with Gasteiger partial charge in [-0.25, -0.2) is 0 Å². The van der Waals surface area contributed by atoms with Crippen LogP contribution >= 0.6 is 0 Å². The Morgan fingerprint density at radius 3 is 2.54 bits per heavy atom. The van der Waals surface area contributed by atoms with Crippen molar-refractivity contribution in [2.75, 3.05) is 6.61 Å². The van der Waals surface area contributed by atoms with E-state index in [0.29, 0.717) is 19.1 Å². The summed E-state index contributed by atoms with van der Waals surface area (Å²) in [5.74, 6) is 0.570. The molecule has 76 valence electrons. The molecule has 0 aromatic rings. The van der Waals surface area contributed by atoms with Crippen LogP contribution in [-0.2, 0) is 9.53 Å².